The summed E-state index contributed by atoms with van der Waals surface area (Å²) in [6.45, 7) is 0. The minimum absolute atomic E-state index is 0. The Morgan fingerprint density at radius 3 is 0.545 bits per heavy atom. The van der Waals surface area contributed by atoms with Crippen molar-refractivity contribution in [2.45, 2.75) is 0 Å². The molecule has 81 valence electrons. The third kappa shape index (κ3) is 448. The second kappa shape index (κ2) is 546. The minimum atomic E-state index is 0. The Balaban J connectivity index is -0.000000000139. The molecule has 0 aliphatic carbocycles. The molecule has 0 unspecified atom stereocenters. The molecule has 11 heavy (non-hydrogen) atoms. The van der Waals surface area contributed by atoms with Crippen LogP contribution in [0.3, 0.4) is 0 Å². The molecule has 0 atom stereocenters. The topological polar surface area (TPSA) is 206 Å². The Hall–Kier alpha value is 1.53. The van der Waals surface area contributed by atoms with E-state index in [1.807, 2.05) is 0 Å². The van der Waals surface area contributed by atoms with Crippen molar-refractivity contribution in [1.82, 2.24) is 0 Å². The number of hydrogen-bond donors (Lipinski definition) is 0. The van der Waals surface area contributed by atoms with Gasteiger partial charge in [-0.2, -0.15) is 0 Å². The zero-order valence-corrected chi connectivity index (χ0v) is 10.0. The van der Waals surface area contributed by atoms with Crippen LogP contribution in [0.1, 0.15) is 0 Å². The maximum atomic E-state index is 8.34. The van der Waals surface area contributed by atoms with Crippen LogP contribution in [0.4, 0.5) is 0 Å². The van der Waals surface area contributed by atoms with Crippen LogP contribution in [-0.2, 0) is 44.3 Å². The summed E-state index contributed by atoms with van der Waals surface area (Å²) in [6.07, 6.45) is 0. The van der Waals surface area contributed by atoms with Gasteiger partial charge in [-0.3, -0.25) is 0 Å². The van der Waals surface area contributed by atoms with E-state index >= 15 is 0 Å². The fourth-order valence-electron chi connectivity index (χ4n) is 0. The predicted molar refractivity (Wildman–Crippen MR) is 22.4 cm³/mol. The predicted octanol–water partition coefficient (Wildman–Crippen LogP) is -11.1. The van der Waals surface area contributed by atoms with Crippen LogP contribution in [0.2, 0.25) is 0 Å². The van der Waals surface area contributed by atoms with Gasteiger partial charge in [0.05, 0.1) is 0 Å². The van der Waals surface area contributed by atoms with Gasteiger partial charge in [-0.25, -0.2) is 0 Å². The molecule has 0 aromatic heterocycles. The van der Waals surface area contributed by atoms with Crippen molar-refractivity contribution < 1.29 is 102 Å². The quantitative estimate of drug-likeness (QED) is 0.412. The Labute approximate surface area is 101 Å². The summed E-state index contributed by atoms with van der Waals surface area (Å²) in [5.74, 6) is 0. The number of halogens is 2. The standard InChI is InChI=1S/2ClH.Co.6H2O.O.Zr/h2*1H;;6*1H2;;/q;;+2;;;;;;;;/p-2. The van der Waals surface area contributed by atoms with Gasteiger partial charge in [-0.1, -0.05) is 0 Å². The van der Waals surface area contributed by atoms with E-state index in [4.69, 9.17) is 2.81 Å². The van der Waals surface area contributed by atoms with E-state index in [-0.39, 0.29) is 74.5 Å². The summed E-state index contributed by atoms with van der Waals surface area (Å²) in [5.41, 5.74) is 0. The Morgan fingerprint density at radius 1 is 0.545 bits per heavy atom. The Bertz CT molecular complexity index is 16.4. The SMILES string of the molecule is O.O.O.O.O.O.[Cl-].[Cl-].[Co+2].[O]=[Zr]. The van der Waals surface area contributed by atoms with Crippen LogP contribution >= 0.6 is 0 Å². The average Bonchev–Trinajstić information content (AvgIpc) is 1.00. The van der Waals surface area contributed by atoms with Gasteiger partial charge in [0.1, 0.15) is 0 Å². The molecule has 11 heteroatoms. The second-order valence-electron chi connectivity index (χ2n) is 0. The normalized spacial score (nSPS) is 0.273. The van der Waals surface area contributed by atoms with Crippen LogP contribution in [0, 0.1) is 0 Å². The van der Waals surface area contributed by atoms with Crippen molar-refractivity contribution in [1.29, 1.82) is 0 Å². The van der Waals surface area contributed by atoms with Gasteiger partial charge in [0.25, 0.3) is 0 Å². The summed E-state index contributed by atoms with van der Waals surface area (Å²) in [5, 5.41) is 0. The van der Waals surface area contributed by atoms with Crippen molar-refractivity contribution >= 4 is 0 Å². The first-order valence-electron chi connectivity index (χ1n) is 0.204. The molecule has 0 aromatic carbocycles. The molecule has 0 saturated carbocycles. The molecule has 0 heterocycles. The second-order valence-corrected chi connectivity index (χ2v) is 0. The van der Waals surface area contributed by atoms with Crippen molar-refractivity contribution in [3.8, 4) is 0 Å². The first-order valence-corrected chi connectivity index (χ1v) is 1.21. The van der Waals surface area contributed by atoms with E-state index in [2.05, 4.69) is 0 Å². The van der Waals surface area contributed by atoms with Gasteiger partial charge < -0.3 is 57.7 Å². The fourth-order valence-corrected chi connectivity index (χ4v) is 0. The molecule has 0 spiro atoms. The summed E-state index contributed by atoms with van der Waals surface area (Å²) in [7, 11) is 0. The van der Waals surface area contributed by atoms with Gasteiger partial charge >= 0.3 is 44.3 Å². The molecule has 0 fully saturated rings. The molecule has 0 rings (SSSR count). The average molecular weight is 345 g/mol. The van der Waals surface area contributed by atoms with Crippen LogP contribution < -0.4 is 24.8 Å². The van der Waals surface area contributed by atoms with Crippen LogP contribution in [0.25, 0.3) is 0 Å². The van der Waals surface area contributed by atoms with E-state index in [1.54, 1.807) is 0 Å². The maximum absolute atomic E-state index is 8.34. The summed E-state index contributed by atoms with van der Waals surface area (Å²) < 4.78 is 8.34. The molecule has 0 aliphatic rings. The Morgan fingerprint density at radius 2 is 0.545 bits per heavy atom. The first kappa shape index (κ1) is 260. The van der Waals surface area contributed by atoms with E-state index in [9.17, 15) is 0 Å². The van der Waals surface area contributed by atoms with Gasteiger partial charge in [0.15, 0.2) is 0 Å². The van der Waals surface area contributed by atoms with Crippen molar-refractivity contribution in [3.63, 3.8) is 0 Å². The van der Waals surface area contributed by atoms with Gasteiger partial charge in [0, 0.05) is 0 Å². The molecule has 7 nitrogen and oxygen atoms in total. The van der Waals surface area contributed by atoms with E-state index in [0.717, 1.165) is 0 Å². The molecule has 0 aliphatic heterocycles. The van der Waals surface area contributed by atoms with Crippen molar-refractivity contribution in [2.75, 3.05) is 0 Å². The van der Waals surface area contributed by atoms with E-state index in [0.29, 0.717) is 24.7 Å². The molecule has 12 N–H and O–H groups in total. The van der Waals surface area contributed by atoms with Crippen LogP contribution in [0.15, 0.2) is 0 Å². The summed E-state index contributed by atoms with van der Waals surface area (Å²) in [6, 6.07) is 0. The van der Waals surface area contributed by atoms with Crippen LogP contribution in [0.5, 0.6) is 0 Å². The zero-order chi connectivity index (χ0) is 2.00. The number of rotatable bonds is 0. The van der Waals surface area contributed by atoms with Crippen molar-refractivity contribution in [2.24, 2.45) is 0 Å². The van der Waals surface area contributed by atoms with Crippen LogP contribution in [-0.4, -0.2) is 32.9 Å². The summed E-state index contributed by atoms with van der Waals surface area (Å²) in [4.78, 5) is 0. The molecule has 1 radical (unpaired) electrons. The van der Waals surface area contributed by atoms with E-state index in [1.165, 1.54) is 0 Å². The molecule has 0 saturated heterocycles. The summed E-state index contributed by atoms with van der Waals surface area (Å²) >= 11 is 0.300. The first-order chi connectivity index (χ1) is 1.00. The van der Waals surface area contributed by atoms with Gasteiger partial charge in [0.2, 0.25) is 0 Å². The third-order valence-electron chi connectivity index (χ3n) is 0. The van der Waals surface area contributed by atoms with Crippen molar-refractivity contribution in [3.05, 3.63) is 0 Å². The zero-order valence-electron chi connectivity index (χ0n) is 5.00. The molecular weight excluding hydrogens is 333 g/mol. The monoisotopic (exact) mass is 343 g/mol. The Kier molecular flexibility index (Phi) is 12900. The molecule has 0 amide bonds. The number of hydrogen-bond acceptors (Lipinski definition) is 1. The molecule has 0 aromatic rings. The van der Waals surface area contributed by atoms with E-state index < -0.39 is 0 Å². The third-order valence-corrected chi connectivity index (χ3v) is 0. The molecule has 0 bridgehead atoms. The molecular formula is H12Cl2CoO7Zr. The van der Waals surface area contributed by atoms with Gasteiger partial charge in [-0.05, 0) is 0 Å². The van der Waals surface area contributed by atoms with Gasteiger partial charge in [-0.15, -0.1) is 0 Å². The fraction of sp³-hybridized carbons (Fsp3) is 0.